The minimum atomic E-state index is -0.147. The van der Waals surface area contributed by atoms with E-state index < -0.39 is 0 Å². The Hall–Kier alpha value is -1.73. The lowest BCUT2D eigenvalue weighted by molar-refractivity contribution is 0.126. The van der Waals surface area contributed by atoms with Crippen LogP contribution in [0.2, 0.25) is 0 Å². The molecule has 1 aliphatic carbocycles. The molecule has 4 heteroatoms. The van der Waals surface area contributed by atoms with Crippen molar-refractivity contribution >= 4 is 11.4 Å². The molecule has 0 spiro atoms. The summed E-state index contributed by atoms with van der Waals surface area (Å²) in [4.78, 5) is 0. The number of anilines is 2. The average molecular weight is 231 g/mol. The second-order valence-electron chi connectivity index (χ2n) is 4.56. The van der Waals surface area contributed by atoms with Crippen molar-refractivity contribution in [3.05, 3.63) is 23.8 Å². The maximum atomic E-state index is 9.43. The van der Waals surface area contributed by atoms with Crippen LogP contribution >= 0.6 is 0 Å². The van der Waals surface area contributed by atoms with Gasteiger partial charge in [0.15, 0.2) is 0 Å². The molecule has 0 atom stereocenters. The standard InChI is InChI=1S/C13H17N3O/c14-8-9-1-6-13(12(15)7-9)16-10-2-4-11(17)5-3-10/h1,6-7,10-11,16-17H,2-5,15H2. The van der Waals surface area contributed by atoms with E-state index in [9.17, 15) is 5.11 Å². The molecule has 2 rings (SSSR count). The first-order valence-electron chi connectivity index (χ1n) is 5.93. The molecule has 0 heterocycles. The summed E-state index contributed by atoms with van der Waals surface area (Å²) in [5, 5.41) is 21.6. The molecule has 0 amide bonds. The van der Waals surface area contributed by atoms with Gasteiger partial charge in [0, 0.05) is 6.04 Å². The average Bonchev–Trinajstić information content (AvgIpc) is 2.34. The van der Waals surface area contributed by atoms with Crippen LogP contribution < -0.4 is 11.1 Å². The lowest BCUT2D eigenvalue weighted by atomic mass is 9.93. The highest BCUT2D eigenvalue weighted by Crippen LogP contribution is 2.25. The van der Waals surface area contributed by atoms with Crippen molar-refractivity contribution < 1.29 is 5.11 Å². The van der Waals surface area contributed by atoms with Gasteiger partial charge in [-0.05, 0) is 43.9 Å². The van der Waals surface area contributed by atoms with Crippen LogP contribution in [0.5, 0.6) is 0 Å². The van der Waals surface area contributed by atoms with Gasteiger partial charge in [-0.3, -0.25) is 0 Å². The lowest BCUT2D eigenvalue weighted by Gasteiger charge is -2.27. The van der Waals surface area contributed by atoms with Crippen LogP contribution in [0.15, 0.2) is 18.2 Å². The Morgan fingerprint density at radius 3 is 2.59 bits per heavy atom. The van der Waals surface area contributed by atoms with Gasteiger partial charge >= 0.3 is 0 Å². The molecule has 0 bridgehead atoms. The zero-order chi connectivity index (χ0) is 12.3. The van der Waals surface area contributed by atoms with Gasteiger partial charge in [0.25, 0.3) is 0 Å². The highest BCUT2D eigenvalue weighted by molar-refractivity contribution is 5.68. The van der Waals surface area contributed by atoms with E-state index in [-0.39, 0.29) is 6.10 Å². The third-order valence-electron chi connectivity index (χ3n) is 3.24. The maximum Gasteiger partial charge on any atom is 0.0992 e. The maximum absolute atomic E-state index is 9.43. The first-order valence-corrected chi connectivity index (χ1v) is 5.93. The summed E-state index contributed by atoms with van der Waals surface area (Å²) in [5.41, 5.74) is 7.94. The highest BCUT2D eigenvalue weighted by Gasteiger charge is 2.19. The Morgan fingerprint density at radius 2 is 2.00 bits per heavy atom. The molecule has 1 saturated carbocycles. The van der Waals surface area contributed by atoms with Gasteiger partial charge in [-0.15, -0.1) is 0 Å². The molecule has 0 radical (unpaired) electrons. The van der Waals surface area contributed by atoms with Crippen molar-refractivity contribution in [3.63, 3.8) is 0 Å². The van der Waals surface area contributed by atoms with Crippen LogP contribution in [0.1, 0.15) is 31.2 Å². The fourth-order valence-electron chi connectivity index (χ4n) is 2.20. The van der Waals surface area contributed by atoms with E-state index >= 15 is 0 Å². The van der Waals surface area contributed by atoms with Gasteiger partial charge in [-0.25, -0.2) is 0 Å². The molecular weight excluding hydrogens is 214 g/mol. The predicted octanol–water partition coefficient (Wildman–Crippen LogP) is 1.86. The fourth-order valence-corrected chi connectivity index (χ4v) is 2.20. The minimum absolute atomic E-state index is 0.147. The van der Waals surface area contributed by atoms with Crippen LogP contribution in [0, 0.1) is 11.3 Å². The second-order valence-corrected chi connectivity index (χ2v) is 4.56. The topological polar surface area (TPSA) is 82.1 Å². The predicted molar refractivity (Wildman–Crippen MR) is 67.5 cm³/mol. The van der Waals surface area contributed by atoms with Crippen molar-refractivity contribution in [3.8, 4) is 6.07 Å². The van der Waals surface area contributed by atoms with Gasteiger partial charge < -0.3 is 16.2 Å². The van der Waals surface area contributed by atoms with E-state index in [0.29, 0.717) is 17.3 Å². The Labute approximate surface area is 101 Å². The molecule has 4 nitrogen and oxygen atoms in total. The molecule has 0 aliphatic heterocycles. The van der Waals surface area contributed by atoms with Crippen LogP contribution in [0.25, 0.3) is 0 Å². The van der Waals surface area contributed by atoms with Crippen molar-refractivity contribution in [1.29, 1.82) is 5.26 Å². The first kappa shape index (κ1) is 11.7. The number of benzene rings is 1. The summed E-state index contributed by atoms with van der Waals surface area (Å²) < 4.78 is 0. The number of nitrogens with two attached hydrogens (primary N) is 1. The fraction of sp³-hybridized carbons (Fsp3) is 0.462. The Balaban J connectivity index is 2.02. The second kappa shape index (κ2) is 5.07. The van der Waals surface area contributed by atoms with Crippen LogP contribution in [0.4, 0.5) is 11.4 Å². The Bertz CT molecular complexity index is 431. The van der Waals surface area contributed by atoms with Gasteiger partial charge in [0.05, 0.1) is 29.1 Å². The molecule has 1 aliphatic rings. The van der Waals surface area contributed by atoms with Gasteiger partial charge in [-0.1, -0.05) is 0 Å². The molecule has 0 saturated heterocycles. The number of aliphatic hydroxyl groups is 1. The quantitative estimate of drug-likeness (QED) is 0.678. The van der Waals surface area contributed by atoms with E-state index in [0.717, 1.165) is 31.4 Å². The molecular formula is C13H17N3O. The third kappa shape index (κ3) is 2.89. The van der Waals surface area contributed by atoms with Crippen LogP contribution in [0.3, 0.4) is 0 Å². The molecule has 1 aromatic carbocycles. The Kier molecular flexibility index (Phi) is 3.50. The van der Waals surface area contributed by atoms with E-state index in [2.05, 4.69) is 11.4 Å². The zero-order valence-electron chi connectivity index (χ0n) is 9.69. The summed E-state index contributed by atoms with van der Waals surface area (Å²) in [6, 6.07) is 7.72. The van der Waals surface area contributed by atoms with Gasteiger partial charge in [0.1, 0.15) is 0 Å². The molecule has 4 N–H and O–H groups in total. The number of rotatable bonds is 2. The van der Waals surface area contributed by atoms with Gasteiger partial charge in [-0.2, -0.15) is 5.26 Å². The number of aliphatic hydroxyl groups excluding tert-OH is 1. The smallest absolute Gasteiger partial charge is 0.0992 e. The number of hydrogen-bond acceptors (Lipinski definition) is 4. The zero-order valence-corrected chi connectivity index (χ0v) is 9.69. The molecule has 90 valence electrons. The number of nitrogens with zero attached hydrogens (tertiary/aromatic N) is 1. The molecule has 0 aromatic heterocycles. The van der Waals surface area contributed by atoms with E-state index in [4.69, 9.17) is 11.0 Å². The first-order chi connectivity index (χ1) is 8.19. The summed E-state index contributed by atoms with van der Waals surface area (Å²) >= 11 is 0. The largest absolute Gasteiger partial charge is 0.397 e. The normalized spacial score (nSPS) is 24.0. The highest BCUT2D eigenvalue weighted by atomic mass is 16.3. The minimum Gasteiger partial charge on any atom is -0.397 e. The van der Waals surface area contributed by atoms with E-state index in [1.54, 1.807) is 12.1 Å². The van der Waals surface area contributed by atoms with Crippen molar-refractivity contribution in [2.45, 2.75) is 37.8 Å². The summed E-state index contributed by atoms with van der Waals surface area (Å²) in [6.07, 6.45) is 3.45. The molecule has 1 fully saturated rings. The van der Waals surface area contributed by atoms with Crippen molar-refractivity contribution in [1.82, 2.24) is 0 Å². The lowest BCUT2D eigenvalue weighted by Crippen LogP contribution is -2.28. The monoisotopic (exact) mass is 231 g/mol. The van der Waals surface area contributed by atoms with Gasteiger partial charge in [0.2, 0.25) is 0 Å². The SMILES string of the molecule is N#Cc1ccc(NC2CCC(O)CC2)c(N)c1. The number of nitrogen functional groups attached to an aromatic ring is 1. The van der Waals surface area contributed by atoms with E-state index in [1.165, 1.54) is 0 Å². The van der Waals surface area contributed by atoms with Crippen LogP contribution in [-0.4, -0.2) is 17.3 Å². The number of nitrogens with one attached hydrogen (secondary N) is 1. The summed E-state index contributed by atoms with van der Waals surface area (Å²) in [6.45, 7) is 0. The number of hydrogen-bond donors (Lipinski definition) is 3. The molecule has 0 unspecified atom stereocenters. The summed E-state index contributed by atoms with van der Waals surface area (Å²) in [5.74, 6) is 0. The molecule has 17 heavy (non-hydrogen) atoms. The van der Waals surface area contributed by atoms with Crippen molar-refractivity contribution in [2.24, 2.45) is 0 Å². The van der Waals surface area contributed by atoms with Crippen LogP contribution in [-0.2, 0) is 0 Å². The summed E-state index contributed by atoms with van der Waals surface area (Å²) in [7, 11) is 0. The Morgan fingerprint density at radius 1 is 1.29 bits per heavy atom. The third-order valence-corrected chi connectivity index (χ3v) is 3.24. The number of nitriles is 1. The van der Waals surface area contributed by atoms with Crippen molar-refractivity contribution in [2.75, 3.05) is 11.1 Å². The van der Waals surface area contributed by atoms with E-state index in [1.807, 2.05) is 6.07 Å². The molecule has 1 aromatic rings.